The molecular formula is C17H33N3. The van der Waals surface area contributed by atoms with Gasteiger partial charge in [-0.3, -0.25) is 4.68 Å². The molecule has 1 atom stereocenters. The number of nitrogens with zero attached hydrogens (tertiary/aromatic N) is 2. The molecule has 1 aromatic rings. The molecule has 0 saturated heterocycles. The Morgan fingerprint density at radius 3 is 2.00 bits per heavy atom. The third-order valence-corrected chi connectivity index (χ3v) is 4.54. The highest BCUT2D eigenvalue weighted by atomic mass is 15.3. The van der Waals surface area contributed by atoms with E-state index in [1.807, 2.05) is 0 Å². The highest BCUT2D eigenvalue weighted by molar-refractivity contribution is 5.27. The van der Waals surface area contributed by atoms with Crippen molar-refractivity contribution in [2.75, 3.05) is 6.54 Å². The van der Waals surface area contributed by atoms with Gasteiger partial charge in [-0.15, -0.1) is 0 Å². The maximum Gasteiger partial charge on any atom is 0.0644 e. The first-order valence-corrected chi connectivity index (χ1v) is 8.06. The van der Waals surface area contributed by atoms with E-state index in [-0.39, 0.29) is 0 Å². The van der Waals surface area contributed by atoms with E-state index in [1.54, 1.807) is 0 Å². The average molecular weight is 279 g/mol. The predicted octanol–water partition coefficient (Wildman–Crippen LogP) is 4.10. The van der Waals surface area contributed by atoms with Crippen LogP contribution in [0.3, 0.4) is 0 Å². The quantitative estimate of drug-likeness (QED) is 0.814. The van der Waals surface area contributed by atoms with Crippen molar-refractivity contribution in [1.29, 1.82) is 0 Å². The average Bonchev–Trinajstić information content (AvgIpc) is 2.63. The molecule has 1 aromatic heterocycles. The fraction of sp³-hybridized carbons (Fsp3) is 0.824. The SMILES string of the molecule is CCn1nc(C)c(C(C)NCC(C(C)C)C(C)C)c1C. The van der Waals surface area contributed by atoms with Crippen LogP contribution in [-0.2, 0) is 6.54 Å². The summed E-state index contributed by atoms with van der Waals surface area (Å²) in [6, 6.07) is 0.371. The molecule has 0 saturated carbocycles. The molecule has 3 nitrogen and oxygen atoms in total. The second-order valence-corrected chi connectivity index (χ2v) is 6.68. The number of aryl methyl sites for hydroxylation is 2. The summed E-state index contributed by atoms with van der Waals surface area (Å²) in [5.74, 6) is 2.16. The van der Waals surface area contributed by atoms with Crippen LogP contribution in [-0.4, -0.2) is 16.3 Å². The lowest BCUT2D eigenvalue weighted by Crippen LogP contribution is -2.31. The first kappa shape index (κ1) is 17.2. The van der Waals surface area contributed by atoms with Gasteiger partial charge >= 0.3 is 0 Å². The molecule has 0 aliphatic heterocycles. The van der Waals surface area contributed by atoms with E-state index in [4.69, 9.17) is 0 Å². The van der Waals surface area contributed by atoms with Crippen LogP contribution >= 0.6 is 0 Å². The number of nitrogens with one attached hydrogen (secondary N) is 1. The topological polar surface area (TPSA) is 29.9 Å². The van der Waals surface area contributed by atoms with E-state index in [9.17, 15) is 0 Å². The molecular weight excluding hydrogens is 246 g/mol. The van der Waals surface area contributed by atoms with E-state index < -0.39 is 0 Å². The number of aromatic nitrogens is 2. The smallest absolute Gasteiger partial charge is 0.0644 e. The standard InChI is InChI=1S/C17H33N3/c1-9-20-15(8)17(14(7)19-20)13(6)18-10-16(11(2)3)12(4)5/h11-13,16,18H,9-10H2,1-8H3. The van der Waals surface area contributed by atoms with Crippen LogP contribution in [0.1, 0.15) is 64.5 Å². The lowest BCUT2D eigenvalue weighted by molar-refractivity contribution is 0.268. The third kappa shape index (κ3) is 3.85. The second kappa shape index (κ2) is 7.26. The van der Waals surface area contributed by atoms with Crippen molar-refractivity contribution < 1.29 is 0 Å². The van der Waals surface area contributed by atoms with Gasteiger partial charge in [0.25, 0.3) is 0 Å². The fourth-order valence-corrected chi connectivity index (χ4v) is 3.30. The van der Waals surface area contributed by atoms with Crippen LogP contribution in [0.4, 0.5) is 0 Å². The minimum Gasteiger partial charge on any atom is -0.310 e. The molecule has 0 aliphatic carbocycles. The van der Waals surface area contributed by atoms with E-state index >= 15 is 0 Å². The van der Waals surface area contributed by atoms with Crippen LogP contribution in [0.2, 0.25) is 0 Å². The summed E-state index contributed by atoms with van der Waals surface area (Å²) < 4.78 is 2.10. The zero-order valence-electron chi connectivity index (χ0n) is 14.6. The summed E-state index contributed by atoms with van der Waals surface area (Å²) in [4.78, 5) is 0. The van der Waals surface area contributed by atoms with Crippen molar-refractivity contribution >= 4 is 0 Å². The normalized spacial score (nSPS) is 13.8. The molecule has 0 aliphatic rings. The van der Waals surface area contributed by atoms with Crippen molar-refractivity contribution in [3.05, 3.63) is 17.0 Å². The van der Waals surface area contributed by atoms with Crippen molar-refractivity contribution in [3.8, 4) is 0 Å². The summed E-state index contributed by atoms with van der Waals surface area (Å²) in [6.07, 6.45) is 0. The molecule has 1 heterocycles. The Kier molecular flexibility index (Phi) is 6.25. The molecule has 0 amide bonds. The zero-order valence-corrected chi connectivity index (χ0v) is 14.6. The van der Waals surface area contributed by atoms with Crippen LogP contribution in [0, 0.1) is 31.6 Å². The number of hydrogen-bond acceptors (Lipinski definition) is 2. The molecule has 0 radical (unpaired) electrons. The van der Waals surface area contributed by atoms with E-state index in [0.717, 1.165) is 36.5 Å². The first-order chi connectivity index (χ1) is 9.29. The maximum absolute atomic E-state index is 4.62. The van der Waals surface area contributed by atoms with Crippen molar-refractivity contribution in [1.82, 2.24) is 15.1 Å². The monoisotopic (exact) mass is 279 g/mol. The molecule has 0 fully saturated rings. The molecule has 0 spiro atoms. The molecule has 0 bridgehead atoms. The number of hydrogen-bond donors (Lipinski definition) is 1. The molecule has 116 valence electrons. The van der Waals surface area contributed by atoms with Crippen LogP contribution in [0.15, 0.2) is 0 Å². The van der Waals surface area contributed by atoms with Gasteiger partial charge in [0, 0.05) is 23.8 Å². The van der Waals surface area contributed by atoms with Gasteiger partial charge in [0.05, 0.1) is 5.69 Å². The van der Waals surface area contributed by atoms with E-state index in [1.165, 1.54) is 11.3 Å². The zero-order chi connectivity index (χ0) is 15.4. The first-order valence-electron chi connectivity index (χ1n) is 8.06. The third-order valence-electron chi connectivity index (χ3n) is 4.54. The Labute approximate surface area is 125 Å². The van der Waals surface area contributed by atoms with Crippen molar-refractivity contribution in [2.24, 2.45) is 17.8 Å². The van der Waals surface area contributed by atoms with Crippen molar-refractivity contribution in [2.45, 2.75) is 68.0 Å². The molecule has 1 rings (SSSR count). The van der Waals surface area contributed by atoms with Gasteiger partial charge in [0.15, 0.2) is 0 Å². The van der Waals surface area contributed by atoms with Crippen LogP contribution in [0.5, 0.6) is 0 Å². The Morgan fingerprint density at radius 2 is 1.60 bits per heavy atom. The van der Waals surface area contributed by atoms with Crippen LogP contribution < -0.4 is 5.32 Å². The largest absolute Gasteiger partial charge is 0.310 e. The maximum atomic E-state index is 4.62. The predicted molar refractivity (Wildman–Crippen MR) is 87.0 cm³/mol. The highest BCUT2D eigenvalue weighted by Crippen LogP contribution is 2.24. The van der Waals surface area contributed by atoms with Gasteiger partial charge in [0.2, 0.25) is 0 Å². The van der Waals surface area contributed by atoms with Gasteiger partial charge in [0.1, 0.15) is 0 Å². The van der Waals surface area contributed by atoms with Gasteiger partial charge < -0.3 is 5.32 Å². The van der Waals surface area contributed by atoms with Gasteiger partial charge in [-0.2, -0.15) is 5.10 Å². The minimum atomic E-state index is 0.371. The lowest BCUT2D eigenvalue weighted by Gasteiger charge is -2.27. The minimum absolute atomic E-state index is 0.371. The van der Waals surface area contributed by atoms with Crippen LogP contribution in [0.25, 0.3) is 0 Å². The van der Waals surface area contributed by atoms with E-state index in [2.05, 4.69) is 70.5 Å². The fourth-order valence-electron chi connectivity index (χ4n) is 3.30. The Bertz CT molecular complexity index is 410. The molecule has 3 heteroatoms. The van der Waals surface area contributed by atoms with Crippen molar-refractivity contribution in [3.63, 3.8) is 0 Å². The number of rotatable bonds is 7. The summed E-state index contributed by atoms with van der Waals surface area (Å²) in [5, 5.41) is 8.35. The summed E-state index contributed by atoms with van der Waals surface area (Å²) >= 11 is 0. The lowest BCUT2D eigenvalue weighted by atomic mass is 9.85. The summed E-state index contributed by atoms with van der Waals surface area (Å²) in [7, 11) is 0. The Morgan fingerprint density at radius 1 is 1.05 bits per heavy atom. The molecule has 0 aromatic carbocycles. The Balaban J connectivity index is 2.76. The second-order valence-electron chi connectivity index (χ2n) is 6.68. The Hall–Kier alpha value is -0.830. The summed E-state index contributed by atoms with van der Waals surface area (Å²) in [5.41, 5.74) is 3.84. The van der Waals surface area contributed by atoms with E-state index in [0.29, 0.717) is 6.04 Å². The van der Waals surface area contributed by atoms with Gasteiger partial charge in [-0.25, -0.2) is 0 Å². The summed E-state index contributed by atoms with van der Waals surface area (Å²) in [6.45, 7) is 20.0. The van der Waals surface area contributed by atoms with Gasteiger partial charge in [-0.1, -0.05) is 27.7 Å². The van der Waals surface area contributed by atoms with Gasteiger partial charge in [-0.05, 0) is 52.0 Å². The molecule has 1 N–H and O–H groups in total. The highest BCUT2D eigenvalue weighted by Gasteiger charge is 2.21. The molecule has 20 heavy (non-hydrogen) atoms. The molecule has 1 unspecified atom stereocenters.